The molecule has 0 aliphatic carbocycles. The molecule has 0 spiro atoms. The summed E-state index contributed by atoms with van der Waals surface area (Å²) >= 11 is 0. The standard InChI is InChI=1S/C17H23FN2O3/c1-19-7-2-5-17(11-21)6-8-20(10-15(17)19)16(23)13-9-12(22)3-4-14(13)18/h3-4,9,15,21-22H,2,5-8,10-11H2,1H3/t15-,17-/m1/s1. The molecule has 3 rings (SSSR count). The molecule has 2 heterocycles. The van der Waals surface area contributed by atoms with Gasteiger partial charge in [0.1, 0.15) is 11.6 Å². The van der Waals surface area contributed by atoms with E-state index in [1.807, 2.05) is 7.05 Å². The normalized spacial score (nSPS) is 28.5. The van der Waals surface area contributed by atoms with Gasteiger partial charge in [-0.3, -0.25) is 4.79 Å². The van der Waals surface area contributed by atoms with Crippen LogP contribution in [0.5, 0.6) is 5.75 Å². The first-order chi connectivity index (χ1) is 11.0. The maximum absolute atomic E-state index is 13.9. The van der Waals surface area contributed by atoms with Gasteiger partial charge in [0.05, 0.1) is 12.2 Å². The Kier molecular flexibility index (Phi) is 4.29. The number of aliphatic hydroxyl groups excluding tert-OH is 1. The number of rotatable bonds is 2. The molecule has 0 unspecified atom stereocenters. The highest BCUT2D eigenvalue weighted by Gasteiger charge is 2.47. The minimum absolute atomic E-state index is 0.0827. The van der Waals surface area contributed by atoms with Gasteiger partial charge in [-0.25, -0.2) is 4.39 Å². The second kappa shape index (κ2) is 6.09. The third-order valence-corrected chi connectivity index (χ3v) is 5.48. The van der Waals surface area contributed by atoms with Crippen LogP contribution < -0.4 is 0 Å². The van der Waals surface area contributed by atoms with Crippen LogP contribution in [-0.4, -0.2) is 65.3 Å². The number of benzene rings is 1. The molecule has 0 bridgehead atoms. The monoisotopic (exact) mass is 322 g/mol. The zero-order valence-electron chi connectivity index (χ0n) is 13.3. The number of piperidine rings is 2. The summed E-state index contributed by atoms with van der Waals surface area (Å²) in [5.41, 5.74) is -0.263. The van der Waals surface area contributed by atoms with Crippen molar-refractivity contribution in [3.8, 4) is 5.75 Å². The van der Waals surface area contributed by atoms with Crippen molar-refractivity contribution in [3.05, 3.63) is 29.6 Å². The van der Waals surface area contributed by atoms with Gasteiger partial charge in [-0.15, -0.1) is 0 Å². The number of hydrogen-bond acceptors (Lipinski definition) is 4. The number of phenols is 1. The Balaban J connectivity index is 1.83. The van der Waals surface area contributed by atoms with Crippen molar-refractivity contribution in [1.82, 2.24) is 9.80 Å². The summed E-state index contributed by atoms with van der Waals surface area (Å²) < 4.78 is 13.9. The molecule has 126 valence electrons. The van der Waals surface area contributed by atoms with Gasteiger partial charge in [0.2, 0.25) is 0 Å². The molecule has 0 radical (unpaired) electrons. The molecule has 2 saturated heterocycles. The minimum atomic E-state index is -0.621. The SMILES string of the molecule is CN1CCC[C@]2(CO)CCN(C(=O)c3cc(O)ccc3F)C[C@@H]12. The molecule has 0 saturated carbocycles. The Bertz CT molecular complexity index is 610. The van der Waals surface area contributed by atoms with E-state index in [-0.39, 0.29) is 29.4 Å². The lowest BCUT2D eigenvalue weighted by Gasteiger charge is -2.53. The summed E-state index contributed by atoms with van der Waals surface area (Å²) in [5.74, 6) is -1.14. The fourth-order valence-electron chi connectivity index (χ4n) is 4.05. The Hall–Kier alpha value is -1.66. The second-order valence-electron chi connectivity index (χ2n) is 6.79. The fraction of sp³-hybridized carbons (Fsp3) is 0.588. The van der Waals surface area contributed by atoms with Crippen molar-refractivity contribution in [1.29, 1.82) is 0 Å². The molecule has 0 aromatic heterocycles. The lowest BCUT2D eigenvalue weighted by Crippen LogP contribution is -2.62. The van der Waals surface area contributed by atoms with Gasteiger partial charge in [-0.05, 0) is 51.1 Å². The number of nitrogens with zero attached hydrogens (tertiary/aromatic N) is 2. The molecule has 23 heavy (non-hydrogen) atoms. The zero-order valence-corrected chi connectivity index (χ0v) is 13.3. The molecule has 2 aliphatic heterocycles. The lowest BCUT2D eigenvalue weighted by atomic mass is 9.69. The number of carbonyl (C=O) groups is 1. The van der Waals surface area contributed by atoms with Crippen LogP contribution >= 0.6 is 0 Å². The van der Waals surface area contributed by atoms with Crippen molar-refractivity contribution in [3.63, 3.8) is 0 Å². The number of fused-ring (bicyclic) bond motifs is 1. The second-order valence-corrected chi connectivity index (χ2v) is 6.79. The Labute approximate surface area is 135 Å². The van der Waals surface area contributed by atoms with Crippen LogP contribution in [0.4, 0.5) is 4.39 Å². The predicted octanol–water partition coefficient (Wildman–Crippen LogP) is 1.45. The van der Waals surface area contributed by atoms with Gasteiger partial charge in [-0.2, -0.15) is 0 Å². The van der Waals surface area contributed by atoms with E-state index in [2.05, 4.69) is 4.90 Å². The molecule has 6 heteroatoms. The molecule has 1 amide bonds. The average molecular weight is 322 g/mol. The number of aromatic hydroxyl groups is 1. The van der Waals surface area contributed by atoms with Crippen LogP contribution in [0.25, 0.3) is 0 Å². The van der Waals surface area contributed by atoms with Gasteiger partial charge in [0.25, 0.3) is 5.91 Å². The molecule has 2 N–H and O–H groups in total. The van der Waals surface area contributed by atoms with Crippen LogP contribution in [-0.2, 0) is 0 Å². The van der Waals surface area contributed by atoms with Crippen LogP contribution in [0.1, 0.15) is 29.6 Å². The minimum Gasteiger partial charge on any atom is -0.508 e. The Morgan fingerprint density at radius 1 is 1.39 bits per heavy atom. The van der Waals surface area contributed by atoms with E-state index in [1.165, 1.54) is 12.1 Å². The summed E-state index contributed by atoms with van der Waals surface area (Å²) in [6.45, 7) is 2.03. The number of amides is 1. The molecular weight excluding hydrogens is 299 g/mol. The van der Waals surface area contributed by atoms with Gasteiger partial charge >= 0.3 is 0 Å². The summed E-state index contributed by atoms with van der Waals surface area (Å²) in [6, 6.07) is 3.60. The zero-order chi connectivity index (χ0) is 16.6. The summed E-state index contributed by atoms with van der Waals surface area (Å²) in [6.07, 6.45) is 2.72. The van der Waals surface area contributed by atoms with Crippen molar-refractivity contribution in [2.24, 2.45) is 5.41 Å². The molecule has 1 aromatic rings. The number of carbonyl (C=O) groups excluding carboxylic acids is 1. The highest BCUT2D eigenvalue weighted by Crippen LogP contribution is 2.41. The van der Waals surface area contributed by atoms with Crippen molar-refractivity contribution in [2.45, 2.75) is 25.3 Å². The van der Waals surface area contributed by atoms with Gasteiger partial charge in [0.15, 0.2) is 0 Å². The quantitative estimate of drug-likeness (QED) is 0.865. The Morgan fingerprint density at radius 3 is 2.91 bits per heavy atom. The largest absolute Gasteiger partial charge is 0.508 e. The van der Waals surface area contributed by atoms with E-state index < -0.39 is 11.7 Å². The summed E-state index contributed by atoms with van der Waals surface area (Å²) in [7, 11) is 2.01. The molecule has 2 atom stereocenters. The molecule has 2 fully saturated rings. The summed E-state index contributed by atoms with van der Waals surface area (Å²) in [4.78, 5) is 16.5. The third kappa shape index (κ3) is 2.81. The highest BCUT2D eigenvalue weighted by molar-refractivity contribution is 5.95. The number of hydrogen-bond donors (Lipinski definition) is 2. The highest BCUT2D eigenvalue weighted by atomic mass is 19.1. The fourth-order valence-corrected chi connectivity index (χ4v) is 4.05. The average Bonchev–Trinajstić information content (AvgIpc) is 2.56. The Morgan fingerprint density at radius 2 is 2.17 bits per heavy atom. The lowest BCUT2D eigenvalue weighted by molar-refractivity contribution is -0.0602. The maximum Gasteiger partial charge on any atom is 0.257 e. The van der Waals surface area contributed by atoms with Crippen molar-refractivity contribution in [2.75, 3.05) is 33.3 Å². The summed E-state index contributed by atoms with van der Waals surface area (Å²) in [5, 5.41) is 19.4. The van der Waals surface area contributed by atoms with Crippen LogP contribution in [0.2, 0.25) is 0 Å². The molecular formula is C17H23FN2O3. The first kappa shape index (κ1) is 16.2. The number of aliphatic hydroxyl groups is 1. The van der Waals surface area contributed by atoms with E-state index >= 15 is 0 Å². The predicted molar refractivity (Wildman–Crippen MR) is 83.8 cm³/mol. The number of halogens is 1. The van der Waals surface area contributed by atoms with Crippen LogP contribution in [0, 0.1) is 11.2 Å². The first-order valence-corrected chi connectivity index (χ1v) is 8.06. The van der Waals surface area contributed by atoms with E-state index in [9.17, 15) is 19.4 Å². The van der Waals surface area contributed by atoms with Gasteiger partial charge in [0, 0.05) is 24.5 Å². The van der Waals surface area contributed by atoms with Crippen molar-refractivity contribution < 1.29 is 19.4 Å². The van der Waals surface area contributed by atoms with Gasteiger partial charge in [-0.1, -0.05) is 0 Å². The van der Waals surface area contributed by atoms with E-state index in [4.69, 9.17) is 0 Å². The van der Waals surface area contributed by atoms with Crippen LogP contribution in [0.3, 0.4) is 0 Å². The van der Waals surface area contributed by atoms with Crippen LogP contribution in [0.15, 0.2) is 18.2 Å². The number of likely N-dealkylation sites (N-methyl/N-ethyl adjacent to an activating group) is 1. The molecule has 1 aromatic carbocycles. The molecule has 5 nitrogen and oxygen atoms in total. The number of phenolic OH excluding ortho intramolecular Hbond substituents is 1. The molecule has 2 aliphatic rings. The van der Waals surface area contributed by atoms with E-state index in [0.717, 1.165) is 25.5 Å². The third-order valence-electron chi connectivity index (χ3n) is 5.48. The number of likely N-dealkylation sites (tertiary alicyclic amines) is 2. The topological polar surface area (TPSA) is 64.0 Å². The van der Waals surface area contributed by atoms with Gasteiger partial charge < -0.3 is 20.0 Å². The first-order valence-electron chi connectivity index (χ1n) is 8.06. The van der Waals surface area contributed by atoms with E-state index in [1.54, 1.807) is 4.90 Å². The smallest absolute Gasteiger partial charge is 0.257 e. The van der Waals surface area contributed by atoms with E-state index in [0.29, 0.717) is 19.5 Å². The maximum atomic E-state index is 13.9. The van der Waals surface area contributed by atoms with Crippen molar-refractivity contribution >= 4 is 5.91 Å².